The van der Waals surface area contributed by atoms with Crippen LogP contribution in [0.1, 0.15) is 31.9 Å². The highest BCUT2D eigenvalue weighted by Crippen LogP contribution is 2.25. The summed E-state index contributed by atoms with van der Waals surface area (Å²) in [6, 6.07) is 13.9. The average Bonchev–Trinajstić information content (AvgIpc) is 2.46. The van der Waals surface area contributed by atoms with E-state index >= 15 is 0 Å². The monoisotopic (exact) mass is 271 g/mol. The zero-order chi connectivity index (χ0) is 14.5. The largest absolute Gasteiger partial charge is 0.388 e. The Kier molecular flexibility index (Phi) is 4.74. The van der Waals surface area contributed by atoms with Gasteiger partial charge in [0.2, 0.25) is 5.91 Å². The van der Waals surface area contributed by atoms with Crippen molar-refractivity contribution < 1.29 is 9.90 Å². The van der Waals surface area contributed by atoms with Crippen molar-refractivity contribution in [3.63, 3.8) is 0 Å². The molecule has 106 valence electrons. The van der Waals surface area contributed by atoms with Crippen LogP contribution in [0.15, 0.2) is 42.5 Å². The highest BCUT2D eigenvalue weighted by atomic mass is 16.3. The molecule has 0 fully saturated rings. The Hall–Kier alpha value is -1.87. The zero-order valence-electron chi connectivity index (χ0n) is 12.0. The number of nitrogens with one attached hydrogen (secondary N) is 1. The van der Waals surface area contributed by atoms with E-state index in [4.69, 9.17) is 0 Å². The molecule has 2 rings (SSSR count). The van der Waals surface area contributed by atoms with Gasteiger partial charge in [-0.2, -0.15) is 0 Å². The minimum Gasteiger partial charge on any atom is -0.388 e. The molecule has 0 saturated carbocycles. The smallest absolute Gasteiger partial charge is 0.222 e. The maximum absolute atomic E-state index is 11.5. The minimum atomic E-state index is -0.562. The van der Waals surface area contributed by atoms with Gasteiger partial charge in [0.15, 0.2) is 0 Å². The molecule has 2 aromatic carbocycles. The third kappa shape index (κ3) is 3.36. The van der Waals surface area contributed by atoms with Crippen LogP contribution < -0.4 is 5.32 Å². The van der Waals surface area contributed by atoms with Gasteiger partial charge in [-0.1, -0.05) is 56.3 Å². The van der Waals surface area contributed by atoms with E-state index in [0.29, 0.717) is 13.0 Å². The predicted octanol–water partition coefficient (Wildman–Crippen LogP) is 3.04. The normalized spacial score (nSPS) is 12.6. The lowest BCUT2D eigenvalue weighted by Crippen LogP contribution is -2.29. The molecule has 0 saturated heterocycles. The molecular weight excluding hydrogens is 250 g/mol. The van der Waals surface area contributed by atoms with Crippen molar-refractivity contribution in [1.29, 1.82) is 0 Å². The van der Waals surface area contributed by atoms with Crippen molar-refractivity contribution >= 4 is 16.7 Å². The molecule has 0 heterocycles. The summed E-state index contributed by atoms with van der Waals surface area (Å²) in [7, 11) is 0. The Morgan fingerprint density at radius 3 is 2.60 bits per heavy atom. The molecule has 2 N–H and O–H groups in total. The van der Waals surface area contributed by atoms with Crippen molar-refractivity contribution in [2.75, 3.05) is 6.54 Å². The van der Waals surface area contributed by atoms with Gasteiger partial charge in [0.05, 0.1) is 6.10 Å². The van der Waals surface area contributed by atoms with E-state index in [0.717, 1.165) is 16.3 Å². The average molecular weight is 271 g/mol. The number of carbonyl (C=O) groups excluding carboxylic acids is 1. The summed E-state index contributed by atoms with van der Waals surface area (Å²) < 4.78 is 0. The molecule has 1 amide bonds. The molecule has 2 aromatic rings. The van der Waals surface area contributed by atoms with Gasteiger partial charge in [-0.05, 0) is 22.8 Å². The van der Waals surface area contributed by atoms with E-state index in [-0.39, 0.29) is 11.8 Å². The first-order chi connectivity index (χ1) is 9.59. The molecule has 0 radical (unpaired) electrons. The van der Waals surface area contributed by atoms with Crippen molar-refractivity contribution in [3.8, 4) is 0 Å². The first-order valence-corrected chi connectivity index (χ1v) is 7.03. The molecule has 3 nitrogen and oxygen atoms in total. The van der Waals surface area contributed by atoms with Gasteiger partial charge in [-0.3, -0.25) is 4.79 Å². The molecule has 3 heteroatoms. The maximum Gasteiger partial charge on any atom is 0.222 e. The second kappa shape index (κ2) is 6.53. The number of benzene rings is 2. The van der Waals surface area contributed by atoms with E-state index in [2.05, 4.69) is 5.32 Å². The van der Waals surface area contributed by atoms with Crippen LogP contribution in [0.3, 0.4) is 0 Å². The van der Waals surface area contributed by atoms with Crippen LogP contribution >= 0.6 is 0 Å². The Balaban J connectivity index is 2.04. The van der Waals surface area contributed by atoms with Gasteiger partial charge in [0, 0.05) is 12.5 Å². The third-order valence-corrected chi connectivity index (χ3v) is 3.42. The lowest BCUT2D eigenvalue weighted by atomic mass is 9.99. The molecule has 0 aliphatic heterocycles. The molecule has 20 heavy (non-hydrogen) atoms. The standard InChI is InChI=1S/C17H21NO2/c1-12(2)17(20)18-11-10-16(19)15-9-5-7-13-6-3-4-8-14(13)15/h3-9,12,16,19H,10-11H2,1-2H3,(H,18,20). The van der Waals surface area contributed by atoms with Gasteiger partial charge in [0.1, 0.15) is 0 Å². The molecular formula is C17H21NO2. The quantitative estimate of drug-likeness (QED) is 0.878. The van der Waals surface area contributed by atoms with Gasteiger partial charge in [-0.15, -0.1) is 0 Å². The molecule has 0 aliphatic rings. The van der Waals surface area contributed by atoms with Crippen molar-refractivity contribution in [1.82, 2.24) is 5.32 Å². The summed E-state index contributed by atoms with van der Waals surface area (Å²) in [6.45, 7) is 4.20. The van der Waals surface area contributed by atoms with Crippen LogP contribution in [0.25, 0.3) is 10.8 Å². The van der Waals surface area contributed by atoms with Gasteiger partial charge in [-0.25, -0.2) is 0 Å². The molecule has 1 atom stereocenters. The number of aliphatic hydroxyl groups is 1. The van der Waals surface area contributed by atoms with E-state index in [1.54, 1.807) is 0 Å². The number of carbonyl (C=O) groups is 1. The highest BCUT2D eigenvalue weighted by molar-refractivity contribution is 5.86. The fraction of sp³-hybridized carbons (Fsp3) is 0.353. The van der Waals surface area contributed by atoms with Crippen molar-refractivity contribution in [3.05, 3.63) is 48.0 Å². The first kappa shape index (κ1) is 14.5. The number of hydrogen-bond donors (Lipinski definition) is 2. The Morgan fingerprint density at radius 2 is 1.85 bits per heavy atom. The lowest BCUT2D eigenvalue weighted by Gasteiger charge is -2.15. The van der Waals surface area contributed by atoms with Gasteiger partial charge in [0.25, 0.3) is 0 Å². The van der Waals surface area contributed by atoms with E-state index < -0.39 is 6.10 Å². The second-order valence-corrected chi connectivity index (χ2v) is 5.32. The maximum atomic E-state index is 11.5. The van der Waals surface area contributed by atoms with Crippen molar-refractivity contribution in [2.45, 2.75) is 26.4 Å². The molecule has 0 aromatic heterocycles. The topological polar surface area (TPSA) is 49.3 Å². The zero-order valence-corrected chi connectivity index (χ0v) is 12.0. The number of aliphatic hydroxyl groups excluding tert-OH is 1. The summed E-state index contributed by atoms with van der Waals surface area (Å²) in [5, 5.41) is 15.3. The van der Waals surface area contributed by atoms with Crippen LogP contribution in [0.5, 0.6) is 0 Å². The summed E-state index contributed by atoms with van der Waals surface area (Å²) in [6.07, 6.45) is -0.0412. The molecule has 0 spiro atoms. The summed E-state index contributed by atoms with van der Waals surface area (Å²) in [5.74, 6) is -0.000169. The molecule has 0 bridgehead atoms. The summed E-state index contributed by atoms with van der Waals surface area (Å²) in [5.41, 5.74) is 0.918. The van der Waals surface area contributed by atoms with Gasteiger partial charge < -0.3 is 10.4 Å². The fourth-order valence-corrected chi connectivity index (χ4v) is 2.23. The van der Waals surface area contributed by atoms with Crippen LogP contribution in [0.2, 0.25) is 0 Å². The number of rotatable bonds is 5. The second-order valence-electron chi connectivity index (χ2n) is 5.32. The summed E-state index contributed by atoms with van der Waals surface area (Å²) >= 11 is 0. The SMILES string of the molecule is CC(C)C(=O)NCCC(O)c1cccc2ccccc12. The Bertz CT molecular complexity index is 587. The predicted molar refractivity (Wildman–Crippen MR) is 81.4 cm³/mol. The van der Waals surface area contributed by atoms with Crippen LogP contribution in [-0.4, -0.2) is 17.6 Å². The third-order valence-electron chi connectivity index (χ3n) is 3.42. The minimum absolute atomic E-state index is 0.0233. The fourth-order valence-electron chi connectivity index (χ4n) is 2.23. The van der Waals surface area contributed by atoms with Crippen LogP contribution in [0.4, 0.5) is 0 Å². The lowest BCUT2D eigenvalue weighted by molar-refractivity contribution is -0.124. The van der Waals surface area contributed by atoms with Gasteiger partial charge >= 0.3 is 0 Å². The number of hydrogen-bond acceptors (Lipinski definition) is 2. The first-order valence-electron chi connectivity index (χ1n) is 7.03. The summed E-state index contributed by atoms with van der Waals surface area (Å²) in [4.78, 5) is 11.5. The van der Waals surface area contributed by atoms with Crippen LogP contribution in [0, 0.1) is 5.92 Å². The molecule has 0 aliphatic carbocycles. The highest BCUT2D eigenvalue weighted by Gasteiger charge is 2.12. The van der Waals surface area contributed by atoms with E-state index in [1.807, 2.05) is 56.3 Å². The van der Waals surface area contributed by atoms with Crippen molar-refractivity contribution in [2.24, 2.45) is 5.92 Å². The Morgan fingerprint density at radius 1 is 1.15 bits per heavy atom. The Labute approximate surface area is 119 Å². The van der Waals surface area contributed by atoms with Crippen LogP contribution in [-0.2, 0) is 4.79 Å². The molecule has 1 unspecified atom stereocenters. The number of fused-ring (bicyclic) bond motifs is 1. The van der Waals surface area contributed by atoms with E-state index in [9.17, 15) is 9.90 Å². The van der Waals surface area contributed by atoms with E-state index in [1.165, 1.54) is 0 Å². The number of amides is 1.